The molecule has 1 saturated heterocycles. The lowest BCUT2D eigenvalue weighted by molar-refractivity contribution is -0.165. The first kappa shape index (κ1) is 56.2. The normalized spacial score (nSPS) is 25.3. The van der Waals surface area contributed by atoms with Crippen molar-refractivity contribution in [2.75, 3.05) is 0 Å². The summed E-state index contributed by atoms with van der Waals surface area (Å²) in [6.45, 7) is 33.6. The van der Waals surface area contributed by atoms with E-state index in [0.717, 1.165) is 59.3 Å². The van der Waals surface area contributed by atoms with Crippen molar-refractivity contribution in [1.29, 1.82) is 0 Å². The Kier molecular flexibility index (Phi) is 22.7. The van der Waals surface area contributed by atoms with Gasteiger partial charge in [-0.3, -0.25) is 9.59 Å². The van der Waals surface area contributed by atoms with Crippen molar-refractivity contribution in [3.63, 3.8) is 0 Å². The van der Waals surface area contributed by atoms with Gasteiger partial charge in [0.1, 0.15) is 5.60 Å². The molecule has 0 aromatic heterocycles. The van der Waals surface area contributed by atoms with Gasteiger partial charge in [0.15, 0.2) is 5.78 Å². The summed E-state index contributed by atoms with van der Waals surface area (Å²) < 4.78 is 6.28. The zero-order chi connectivity index (χ0) is 51.6. The molecule has 1 spiro atoms. The first-order chi connectivity index (χ1) is 33.6. The Morgan fingerprint density at radius 3 is 1.67 bits per heavy atom. The van der Waals surface area contributed by atoms with Crippen molar-refractivity contribution >= 4 is 11.8 Å². The van der Waals surface area contributed by atoms with Crippen LogP contribution in [-0.4, -0.2) is 17.4 Å². The molecule has 4 saturated carbocycles. The molecule has 5 aliphatic carbocycles. The quantitative estimate of drug-likeness (QED) is 0.205. The molecule has 0 N–H and O–H groups in total. The third kappa shape index (κ3) is 15.5. The zero-order valence-electron chi connectivity index (χ0n) is 42.7. The maximum atomic E-state index is 12.9. The Bertz CT molecular complexity index is 3290. The van der Waals surface area contributed by atoms with E-state index in [4.69, 9.17) is 4.74 Å². The molecular weight excluding hydrogens is 853 g/mol. The molecule has 0 amide bonds. The van der Waals surface area contributed by atoms with E-state index in [1.165, 1.54) is 12.8 Å². The van der Waals surface area contributed by atoms with Crippen LogP contribution in [0.1, 0.15) is 127 Å². The molecule has 6 rings (SSSR count). The van der Waals surface area contributed by atoms with Crippen molar-refractivity contribution in [3.05, 3.63) is 215 Å². The predicted octanol–water partition coefficient (Wildman–Crippen LogP) is 15.0. The minimum atomic E-state index is -0.692. The molecule has 0 aromatic rings. The SMILES string of the molecule is C=C=C=C=C=C=C(C)CC.C=C=C=C=C=C=C=C=C=C=C=C=C=C=C1CC2(CCC(=O)O2)[C@]2(C)CCC3C(C(=C=C=C=C=C=C)C(=C=C=C=C=C)C4=CC(=O)CC[C@]43C)[C@H]12.CC1CC1C.CCC(C)C. The van der Waals surface area contributed by atoms with Crippen molar-refractivity contribution in [2.45, 2.75) is 132 Å². The molecule has 5 fully saturated rings. The van der Waals surface area contributed by atoms with E-state index < -0.39 is 11.0 Å². The topological polar surface area (TPSA) is 43.4 Å². The summed E-state index contributed by atoms with van der Waals surface area (Å²) in [5.41, 5.74) is 77.3. The number of carbonyl (C=O) groups is 2. The molecule has 3 heteroatoms. The van der Waals surface area contributed by atoms with E-state index in [9.17, 15) is 9.59 Å². The van der Waals surface area contributed by atoms with Gasteiger partial charge in [0.25, 0.3) is 0 Å². The minimum Gasteiger partial charge on any atom is -0.458 e. The fourth-order valence-electron chi connectivity index (χ4n) is 9.32. The summed E-state index contributed by atoms with van der Waals surface area (Å²) in [7, 11) is 0. The van der Waals surface area contributed by atoms with Gasteiger partial charge in [0.05, 0.1) is 0 Å². The van der Waals surface area contributed by atoms with Gasteiger partial charge in [-0.15, -0.1) is 0 Å². The lowest BCUT2D eigenvalue weighted by Crippen LogP contribution is -2.55. The lowest BCUT2D eigenvalue weighted by Gasteiger charge is -2.59. The molecule has 70 heavy (non-hydrogen) atoms. The lowest BCUT2D eigenvalue weighted by atomic mass is 9.44. The number of esters is 1. The second kappa shape index (κ2) is 28.3. The summed E-state index contributed by atoms with van der Waals surface area (Å²) in [5, 5.41) is 0. The van der Waals surface area contributed by atoms with Gasteiger partial charge in [-0.05, 0) is 233 Å². The summed E-state index contributed by atoms with van der Waals surface area (Å²) in [5.74, 6) is 2.72. The van der Waals surface area contributed by atoms with Crippen LogP contribution in [0.4, 0.5) is 0 Å². The summed E-state index contributed by atoms with van der Waals surface area (Å²) in [4.78, 5) is 25.7. The monoisotopic (exact) mass is 914 g/mol. The van der Waals surface area contributed by atoms with E-state index in [1.807, 2.05) is 6.92 Å². The number of hydrogen-bond acceptors (Lipinski definition) is 3. The number of rotatable bonds is 2. The molecule has 0 bridgehead atoms. The molecule has 5 unspecified atom stereocenters. The van der Waals surface area contributed by atoms with E-state index in [0.29, 0.717) is 37.7 Å². The zero-order valence-corrected chi connectivity index (χ0v) is 42.7. The number of ether oxygens (including phenoxy) is 1. The van der Waals surface area contributed by atoms with E-state index in [-0.39, 0.29) is 34.9 Å². The summed E-state index contributed by atoms with van der Waals surface area (Å²) in [6.07, 6.45) is 9.85. The number of hydrogen-bond donors (Lipinski definition) is 0. The van der Waals surface area contributed by atoms with Crippen LogP contribution in [0, 0.1) is 46.3 Å². The predicted molar refractivity (Wildman–Crippen MR) is 276 cm³/mol. The van der Waals surface area contributed by atoms with Crippen molar-refractivity contribution in [1.82, 2.24) is 0 Å². The molecule has 0 aromatic carbocycles. The number of allylic oxidation sites excluding steroid dienone is 4. The van der Waals surface area contributed by atoms with E-state index >= 15 is 0 Å². The maximum Gasteiger partial charge on any atom is 0.306 e. The van der Waals surface area contributed by atoms with Gasteiger partial charge in [-0.1, -0.05) is 108 Å². The van der Waals surface area contributed by atoms with Gasteiger partial charge in [-0.25, -0.2) is 0 Å². The standard InChI is InChI=1S/C47H30O3.C10H10.C5H10.C5H12/c1-6-9-12-14-15-16-17-18-19-20-21-23-25-36-35-47(33-30-42(49)50-47)46(5)32-29-40-43(44(36)46)39(27-24-13-10-7-2)38(26-22-11-8-3)41-34-37(48)28-31-45(40,41)4;1-4-6-7-8-9-10(3)5-2;1-4-3-5(4)2;1-4-5(2)3/h34,40,43-44H,1-3,28-33,35H2,4-5H3;1,5H2,2-3H3;4-5H,3H2,1-2H3;5H,4H2,1-3H3/t40?,43?,44-,45-,46+,47?;;;/m0.../s1. The largest absolute Gasteiger partial charge is 0.458 e. The molecule has 3 nitrogen and oxygen atoms in total. The van der Waals surface area contributed by atoms with Gasteiger partial charge in [-0.2, -0.15) is 0 Å². The highest BCUT2D eigenvalue weighted by Crippen LogP contribution is 2.72. The van der Waals surface area contributed by atoms with Crippen LogP contribution in [0.25, 0.3) is 0 Å². The first-order valence-corrected chi connectivity index (χ1v) is 23.9. The Morgan fingerprint density at radius 1 is 0.686 bits per heavy atom. The van der Waals surface area contributed by atoms with Gasteiger partial charge in [0.2, 0.25) is 0 Å². The average molecular weight is 915 g/mol. The smallest absolute Gasteiger partial charge is 0.306 e. The molecule has 8 atom stereocenters. The average Bonchev–Trinajstić information content (AvgIpc) is 3.73. The Balaban J connectivity index is 0.000000538. The van der Waals surface area contributed by atoms with Crippen molar-refractivity contribution < 1.29 is 14.3 Å². The molecule has 6 aliphatic rings. The van der Waals surface area contributed by atoms with Crippen LogP contribution in [0.5, 0.6) is 0 Å². The summed E-state index contributed by atoms with van der Waals surface area (Å²) in [6, 6.07) is 0. The highest BCUT2D eigenvalue weighted by molar-refractivity contribution is 5.93. The molecular formula is C67H62O3. The first-order valence-electron chi connectivity index (χ1n) is 23.9. The van der Waals surface area contributed by atoms with Crippen LogP contribution in [0.15, 0.2) is 215 Å². The van der Waals surface area contributed by atoms with Gasteiger partial charge >= 0.3 is 5.97 Å². The van der Waals surface area contributed by atoms with E-state index in [1.54, 1.807) is 6.08 Å². The van der Waals surface area contributed by atoms with Gasteiger partial charge < -0.3 is 4.74 Å². The summed E-state index contributed by atoms with van der Waals surface area (Å²) >= 11 is 0. The molecule has 1 aliphatic heterocycles. The Hall–Kier alpha value is -8.10. The molecule has 348 valence electrons. The van der Waals surface area contributed by atoms with Crippen LogP contribution in [0.2, 0.25) is 0 Å². The fraction of sp³-hybridized carbons (Fsp3) is 0.418. The highest BCUT2D eigenvalue weighted by Gasteiger charge is 2.70. The second-order valence-electron chi connectivity index (χ2n) is 18.7. The Labute approximate surface area is 417 Å². The van der Waals surface area contributed by atoms with Crippen LogP contribution >= 0.6 is 0 Å². The number of ketones is 1. The third-order valence-electron chi connectivity index (χ3n) is 13.9. The molecule has 0 radical (unpaired) electrons. The number of carbonyl (C=O) groups excluding carboxylic acids is 2. The van der Waals surface area contributed by atoms with E-state index in [2.05, 4.69) is 236 Å². The second-order valence-corrected chi connectivity index (χ2v) is 18.7. The Morgan fingerprint density at radius 2 is 1.17 bits per heavy atom. The van der Waals surface area contributed by atoms with Crippen LogP contribution in [-0.2, 0) is 14.3 Å². The van der Waals surface area contributed by atoms with Crippen LogP contribution in [0.3, 0.4) is 0 Å². The molecule has 1 heterocycles. The number of fused-ring (bicyclic) bond motifs is 6. The fourth-order valence-corrected chi connectivity index (χ4v) is 9.32. The highest BCUT2D eigenvalue weighted by atomic mass is 16.6. The minimum absolute atomic E-state index is 0.0699. The van der Waals surface area contributed by atoms with Crippen molar-refractivity contribution in [3.8, 4) is 0 Å². The van der Waals surface area contributed by atoms with Crippen LogP contribution < -0.4 is 0 Å². The van der Waals surface area contributed by atoms with Crippen molar-refractivity contribution in [2.24, 2.45) is 46.3 Å². The van der Waals surface area contributed by atoms with Gasteiger partial charge in [0, 0.05) is 47.7 Å². The third-order valence-corrected chi connectivity index (χ3v) is 13.9. The maximum absolute atomic E-state index is 12.9.